The molecule has 0 fully saturated rings. The molecule has 0 aliphatic rings. The maximum absolute atomic E-state index is 12.5. The molecule has 0 saturated carbocycles. The average molecular weight is 365 g/mol. The molecule has 1 aromatic heterocycles. The molecule has 1 N–H and O–H groups in total. The van der Waals surface area contributed by atoms with Gasteiger partial charge in [0.2, 0.25) is 5.91 Å². The number of carbonyl (C=O) groups excluding carboxylic acids is 1. The van der Waals surface area contributed by atoms with E-state index < -0.39 is 0 Å². The Balaban J connectivity index is 1.78. The fourth-order valence-corrected chi connectivity index (χ4v) is 2.83. The lowest BCUT2D eigenvalue weighted by Crippen LogP contribution is -2.30. The highest BCUT2D eigenvalue weighted by Gasteiger charge is 2.17. The third-order valence-electron chi connectivity index (χ3n) is 4.33. The highest BCUT2D eigenvalue weighted by molar-refractivity contribution is 5.77. The molecule has 6 heteroatoms. The minimum atomic E-state index is -0.257. The maximum Gasteiger partial charge on any atom is 0.222 e. The van der Waals surface area contributed by atoms with E-state index in [1.165, 1.54) is 0 Å². The number of benzene rings is 2. The Bertz CT molecular complexity index is 796. The summed E-state index contributed by atoms with van der Waals surface area (Å²) in [6.07, 6.45) is 3.90. The van der Waals surface area contributed by atoms with Gasteiger partial charge >= 0.3 is 0 Å². The van der Waals surface area contributed by atoms with Crippen LogP contribution in [-0.2, 0) is 11.3 Å². The topological polar surface area (TPSA) is 65.4 Å². The molecule has 0 spiro atoms. The van der Waals surface area contributed by atoms with Gasteiger partial charge in [0.05, 0.1) is 20.3 Å². The zero-order valence-corrected chi connectivity index (χ0v) is 15.5. The van der Waals surface area contributed by atoms with Crippen LogP contribution in [0.25, 0.3) is 0 Å². The zero-order valence-electron chi connectivity index (χ0n) is 15.5. The second kappa shape index (κ2) is 8.89. The van der Waals surface area contributed by atoms with Crippen LogP contribution in [-0.4, -0.2) is 29.9 Å². The molecule has 6 nitrogen and oxygen atoms in total. The zero-order chi connectivity index (χ0) is 19.1. The third-order valence-corrected chi connectivity index (χ3v) is 4.33. The second-order valence-electron chi connectivity index (χ2n) is 6.07. The van der Waals surface area contributed by atoms with E-state index in [-0.39, 0.29) is 11.9 Å². The largest absolute Gasteiger partial charge is 0.497 e. The molecule has 2 aromatic carbocycles. The molecule has 0 aliphatic carbocycles. The summed E-state index contributed by atoms with van der Waals surface area (Å²) in [4.78, 5) is 12.5. The molecule has 140 valence electrons. The van der Waals surface area contributed by atoms with E-state index in [1.807, 2.05) is 60.8 Å². The number of nitrogens with zero attached hydrogens (tertiary/aromatic N) is 2. The predicted octanol–water partition coefficient (Wildman–Crippen LogP) is 3.20. The van der Waals surface area contributed by atoms with E-state index in [9.17, 15) is 4.79 Å². The number of hydrogen-bond donors (Lipinski definition) is 1. The number of ether oxygens (including phenoxy) is 2. The molecule has 0 bridgehead atoms. The highest BCUT2D eigenvalue weighted by Crippen LogP contribution is 2.26. The summed E-state index contributed by atoms with van der Waals surface area (Å²) in [7, 11) is 3.26. The van der Waals surface area contributed by atoms with Crippen molar-refractivity contribution in [1.29, 1.82) is 0 Å². The normalized spacial score (nSPS) is 10.6. The van der Waals surface area contributed by atoms with E-state index in [4.69, 9.17) is 9.47 Å². The second-order valence-corrected chi connectivity index (χ2v) is 6.07. The fraction of sp³-hybridized carbons (Fsp3) is 0.238. The van der Waals surface area contributed by atoms with Crippen LogP contribution in [0.5, 0.6) is 11.5 Å². The van der Waals surface area contributed by atoms with Crippen molar-refractivity contribution in [2.45, 2.75) is 19.0 Å². The lowest BCUT2D eigenvalue weighted by molar-refractivity contribution is -0.121. The molecule has 0 aliphatic heterocycles. The summed E-state index contributed by atoms with van der Waals surface area (Å²) < 4.78 is 12.2. The summed E-state index contributed by atoms with van der Waals surface area (Å²) in [5.74, 6) is 1.51. The number of aromatic nitrogens is 2. The Morgan fingerprint density at radius 3 is 2.00 bits per heavy atom. The smallest absolute Gasteiger partial charge is 0.222 e. The van der Waals surface area contributed by atoms with Gasteiger partial charge in [0.25, 0.3) is 0 Å². The highest BCUT2D eigenvalue weighted by atomic mass is 16.5. The van der Waals surface area contributed by atoms with Crippen LogP contribution in [0.4, 0.5) is 0 Å². The van der Waals surface area contributed by atoms with E-state index >= 15 is 0 Å². The molecule has 27 heavy (non-hydrogen) atoms. The van der Waals surface area contributed by atoms with Crippen molar-refractivity contribution in [1.82, 2.24) is 15.1 Å². The van der Waals surface area contributed by atoms with Crippen molar-refractivity contribution in [3.05, 3.63) is 78.1 Å². The first-order valence-corrected chi connectivity index (χ1v) is 8.74. The van der Waals surface area contributed by atoms with Crippen molar-refractivity contribution in [2.75, 3.05) is 14.2 Å². The first-order valence-electron chi connectivity index (χ1n) is 8.74. The Morgan fingerprint density at radius 2 is 1.56 bits per heavy atom. The van der Waals surface area contributed by atoms with Crippen molar-refractivity contribution in [2.24, 2.45) is 0 Å². The standard InChI is InChI=1S/C21H23N3O3/c1-26-18-8-4-16(5-9-18)21(17-6-10-19(27-2)11-7-17)23-20(25)12-15-24-14-3-13-22-24/h3-11,13-14,21H,12,15H2,1-2H3,(H,23,25). The van der Waals surface area contributed by atoms with Crippen LogP contribution in [0.15, 0.2) is 67.0 Å². The van der Waals surface area contributed by atoms with Crippen LogP contribution in [0.2, 0.25) is 0 Å². The average Bonchev–Trinajstić information content (AvgIpc) is 3.24. The van der Waals surface area contributed by atoms with Crippen molar-refractivity contribution in [3.8, 4) is 11.5 Å². The predicted molar refractivity (Wildman–Crippen MR) is 103 cm³/mol. The summed E-state index contributed by atoms with van der Waals surface area (Å²) in [5, 5.41) is 7.26. The quantitative estimate of drug-likeness (QED) is 0.666. The molecule has 0 radical (unpaired) electrons. The van der Waals surface area contributed by atoms with Gasteiger partial charge in [-0.25, -0.2) is 0 Å². The number of carbonyl (C=O) groups is 1. The molecule has 3 aromatic rings. The summed E-state index contributed by atoms with van der Waals surface area (Å²) in [6, 6.07) is 17.0. The van der Waals surface area contributed by atoms with Gasteiger partial charge in [-0.05, 0) is 41.5 Å². The van der Waals surface area contributed by atoms with E-state index in [1.54, 1.807) is 25.1 Å². The monoisotopic (exact) mass is 365 g/mol. The molecule has 0 saturated heterocycles. The van der Waals surface area contributed by atoms with Gasteiger partial charge in [0.1, 0.15) is 11.5 Å². The van der Waals surface area contributed by atoms with Gasteiger partial charge in [0, 0.05) is 25.4 Å². The third kappa shape index (κ3) is 4.88. The number of rotatable bonds is 8. The van der Waals surface area contributed by atoms with Crippen LogP contribution in [0, 0.1) is 0 Å². The van der Waals surface area contributed by atoms with Gasteiger partial charge in [-0.2, -0.15) is 5.10 Å². The Kier molecular flexibility index (Phi) is 6.10. The minimum absolute atomic E-state index is 0.0397. The minimum Gasteiger partial charge on any atom is -0.497 e. The van der Waals surface area contributed by atoms with E-state index in [2.05, 4.69) is 10.4 Å². The van der Waals surface area contributed by atoms with Gasteiger partial charge in [-0.3, -0.25) is 9.48 Å². The number of methoxy groups -OCH3 is 2. The first kappa shape index (κ1) is 18.5. The Morgan fingerprint density at radius 1 is 1.00 bits per heavy atom. The summed E-state index contributed by atoms with van der Waals surface area (Å²) in [5.41, 5.74) is 1.96. The van der Waals surface area contributed by atoms with Gasteiger partial charge in [-0.1, -0.05) is 24.3 Å². The summed E-state index contributed by atoms with van der Waals surface area (Å²) in [6.45, 7) is 0.538. The Labute approximate surface area is 158 Å². The first-order chi connectivity index (χ1) is 13.2. The number of aryl methyl sites for hydroxylation is 1. The van der Waals surface area contributed by atoms with Gasteiger partial charge < -0.3 is 14.8 Å². The number of nitrogens with one attached hydrogen (secondary N) is 1. The fourth-order valence-electron chi connectivity index (χ4n) is 2.83. The van der Waals surface area contributed by atoms with Crippen molar-refractivity contribution < 1.29 is 14.3 Å². The molecule has 3 rings (SSSR count). The molecule has 0 atom stereocenters. The molecular formula is C21H23N3O3. The molecule has 1 amide bonds. The van der Waals surface area contributed by atoms with Crippen LogP contribution < -0.4 is 14.8 Å². The van der Waals surface area contributed by atoms with E-state index in [0.717, 1.165) is 22.6 Å². The van der Waals surface area contributed by atoms with Crippen LogP contribution in [0.3, 0.4) is 0 Å². The molecular weight excluding hydrogens is 342 g/mol. The lowest BCUT2D eigenvalue weighted by Gasteiger charge is -2.20. The van der Waals surface area contributed by atoms with Gasteiger partial charge in [-0.15, -0.1) is 0 Å². The molecule has 1 heterocycles. The number of amides is 1. The summed E-state index contributed by atoms with van der Waals surface area (Å²) >= 11 is 0. The van der Waals surface area contributed by atoms with E-state index in [0.29, 0.717) is 13.0 Å². The van der Waals surface area contributed by atoms with Crippen molar-refractivity contribution >= 4 is 5.91 Å². The van der Waals surface area contributed by atoms with Crippen LogP contribution >= 0.6 is 0 Å². The van der Waals surface area contributed by atoms with Crippen molar-refractivity contribution in [3.63, 3.8) is 0 Å². The Hall–Kier alpha value is -3.28. The lowest BCUT2D eigenvalue weighted by atomic mass is 9.98. The molecule has 0 unspecified atom stereocenters. The maximum atomic E-state index is 12.5. The van der Waals surface area contributed by atoms with Gasteiger partial charge in [0.15, 0.2) is 0 Å². The van der Waals surface area contributed by atoms with Crippen LogP contribution in [0.1, 0.15) is 23.6 Å². The SMILES string of the molecule is COc1ccc(C(NC(=O)CCn2cccn2)c2ccc(OC)cc2)cc1. The number of hydrogen-bond acceptors (Lipinski definition) is 4.